The first kappa shape index (κ1) is 25.2. The molecule has 0 aliphatic carbocycles. The summed E-state index contributed by atoms with van der Waals surface area (Å²) < 4.78 is 11.1. The van der Waals surface area contributed by atoms with Gasteiger partial charge in [-0.15, -0.1) is 12.4 Å². The van der Waals surface area contributed by atoms with E-state index in [0.717, 1.165) is 17.5 Å². The van der Waals surface area contributed by atoms with E-state index in [9.17, 15) is 14.9 Å². The lowest BCUT2D eigenvalue weighted by Gasteiger charge is -2.25. The molecule has 2 aromatic carbocycles. The second kappa shape index (κ2) is 11.4. The number of non-ortho nitro benzene ring substituents is 1. The second-order valence-corrected chi connectivity index (χ2v) is 7.15. The van der Waals surface area contributed by atoms with Crippen molar-refractivity contribution in [3.63, 3.8) is 0 Å². The number of nitro benzene ring substituents is 1. The van der Waals surface area contributed by atoms with Crippen LogP contribution in [0.1, 0.15) is 23.6 Å². The number of nitrogens with zero attached hydrogens (tertiary/aromatic N) is 3. The van der Waals surface area contributed by atoms with E-state index in [-0.39, 0.29) is 24.1 Å². The Morgan fingerprint density at radius 3 is 2.23 bits per heavy atom. The van der Waals surface area contributed by atoms with Crippen molar-refractivity contribution in [2.75, 3.05) is 34.8 Å². The summed E-state index contributed by atoms with van der Waals surface area (Å²) >= 11 is 0. The Bertz CT molecular complexity index is 856. The van der Waals surface area contributed by atoms with Crippen molar-refractivity contribution in [2.45, 2.75) is 19.4 Å². The number of carbonyl (C=O) groups is 1. The van der Waals surface area contributed by atoms with Crippen molar-refractivity contribution >= 4 is 24.2 Å². The molecule has 0 radical (unpaired) electrons. The average Bonchev–Trinajstić information content (AvgIpc) is 2.66. The highest BCUT2D eigenvalue weighted by atomic mass is 35.5. The highest BCUT2D eigenvalue weighted by Crippen LogP contribution is 2.28. The molecule has 0 aliphatic heterocycles. The third-order valence-electron chi connectivity index (χ3n) is 4.48. The summed E-state index contributed by atoms with van der Waals surface area (Å²) in [7, 11) is 7.26. The van der Waals surface area contributed by atoms with Crippen LogP contribution in [0.2, 0.25) is 0 Å². The molecule has 1 unspecified atom stereocenters. The molecule has 0 N–H and O–H groups in total. The molecule has 2 aromatic rings. The molecular formula is C21H28ClN3O5. The number of nitro groups is 1. The van der Waals surface area contributed by atoms with Gasteiger partial charge in [-0.05, 0) is 50.3 Å². The minimum absolute atomic E-state index is 0. The smallest absolute Gasteiger partial charge is 0.414 e. The normalized spacial score (nSPS) is 11.4. The number of hydrogen-bond donors (Lipinski definition) is 0. The van der Waals surface area contributed by atoms with Crippen LogP contribution in [0.5, 0.6) is 11.5 Å². The molecule has 1 atom stereocenters. The van der Waals surface area contributed by atoms with Gasteiger partial charge in [0.05, 0.1) is 11.5 Å². The average molecular weight is 438 g/mol. The van der Waals surface area contributed by atoms with E-state index >= 15 is 0 Å². The summed E-state index contributed by atoms with van der Waals surface area (Å²) in [4.78, 5) is 25.5. The molecule has 8 nitrogen and oxygen atoms in total. The van der Waals surface area contributed by atoms with Crippen molar-refractivity contribution < 1.29 is 19.2 Å². The zero-order valence-electron chi connectivity index (χ0n) is 17.8. The van der Waals surface area contributed by atoms with Gasteiger partial charge in [0.25, 0.3) is 5.69 Å². The van der Waals surface area contributed by atoms with Crippen LogP contribution in [0.3, 0.4) is 0 Å². The van der Waals surface area contributed by atoms with Crippen molar-refractivity contribution in [2.24, 2.45) is 0 Å². The minimum Gasteiger partial charge on any atom is -0.494 e. The number of aryl methyl sites for hydroxylation is 1. The first-order valence-electron chi connectivity index (χ1n) is 9.22. The fraction of sp³-hybridized carbons (Fsp3) is 0.381. The number of benzene rings is 2. The monoisotopic (exact) mass is 437 g/mol. The maximum atomic E-state index is 11.8. The fourth-order valence-electron chi connectivity index (χ4n) is 2.86. The van der Waals surface area contributed by atoms with E-state index < -0.39 is 11.0 Å². The van der Waals surface area contributed by atoms with Crippen molar-refractivity contribution in [3.05, 3.63) is 63.7 Å². The Morgan fingerprint density at radius 2 is 1.73 bits per heavy atom. The van der Waals surface area contributed by atoms with E-state index in [1.807, 2.05) is 33.2 Å². The van der Waals surface area contributed by atoms with E-state index in [1.54, 1.807) is 32.3 Å². The zero-order valence-corrected chi connectivity index (χ0v) is 18.6. The molecule has 0 spiro atoms. The first-order valence-corrected chi connectivity index (χ1v) is 9.22. The van der Waals surface area contributed by atoms with E-state index in [0.29, 0.717) is 18.1 Å². The molecule has 0 saturated heterocycles. The zero-order chi connectivity index (χ0) is 21.6. The highest BCUT2D eigenvalue weighted by molar-refractivity contribution is 5.85. The number of carbonyl (C=O) groups excluding carboxylic acids is 1. The van der Waals surface area contributed by atoms with Crippen LogP contribution < -0.4 is 9.47 Å². The molecule has 0 heterocycles. The molecular weight excluding hydrogens is 410 g/mol. The van der Waals surface area contributed by atoms with Gasteiger partial charge in [-0.25, -0.2) is 4.79 Å². The van der Waals surface area contributed by atoms with Crippen molar-refractivity contribution in [1.82, 2.24) is 9.80 Å². The topological polar surface area (TPSA) is 85.1 Å². The van der Waals surface area contributed by atoms with Crippen LogP contribution in [-0.2, 0) is 0 Å². The molecule has 9 heteroatoms. The quantitative estimate of drug-likeness (QED) is 0.447. The lowest BCUT2D eigenvalue weighted by atomic mass is 10.0. The summed E-state index contributed by atoms with van der Waals surface area (Å²) in [6, 6.07) is 11.9. The SMILES string of the molecule is Cc1cc(C(CCOc2ccc([N+](=O)[O-])cc2)N(C)C)ccc1OC(=O)N(C)C.Cl. The molecule has 1 amide bonds. The van der Waals surface area contributed by atoms with Crippen molar-refractivity contribution in [1.29, 1.82) is 0 Å². The maximum Gasteiger partial charge on any atom is 0.414 e. The van der Waals surface area contributed by atoms with Gasteiger partial charge in [-0.1, -0.05) is 12.1 Å². The van der Waals surface area contributed by atoms with Crippen LogP contribution in [-0.4, -0.2) is 55.6 Å². The number of hydrogen-bond acceptors (Lipinski definition) is 6. The summed E-state index contributed by atoms with van der Waals surface area (Å²) in [5.74, 6) is 1.13. The number of amides is 1. The van der Waals surface area contributed by atoms with Gasteiger partial charge < -0.3 is 19.3 Å². The first-order chi connectivity index (χ1) is 13.7. The van der Waals surface area contributed by atoms with Gasteiger partial charge in [0, 0.05) is 38.7 Å². The third kappa shape index (κ3) is 6.89. The molecule has 0 aliphatic rings. The maximum absolute atomic E-state index is 11.8. The summed E-state index contributed by atoms with van der Waals surface area (Å²) in [6.07, 6.45) is 0.307. The summed E-state index contributed by atoms with van der Waals surface area (Å²) in [5, 5.41) is 10.7. The van der Waals surface area contributed by atoms with Gasteiger partial charge in [-0.2, -0.15) is 0 Å². The van der Waals surface area contributed by atoms with Crippen LogP contribution in [0, 0.1) is 17.0 Å². The minimum atomic E-state index is -0.437. The fourth-order valence-corrected chi connectivity index (χ4v) is 2.86. The van der Waals surface area contributed by atoms with Crippen LogP contribution >= 0.6 is 12.4 Å². The molecule has 0 aromatic heterocycles. The predicted molar refractivity (Wildman–Crippen MR) is 118 cm³/mol. The highest BCUT2D eigenvalue weighted by Gasteiger charge is 2.17. The Morgan fingerprint density at radius 1 is 1.10 bits per heavy atom. The molecule has 2 rings (SSSR count). The van der Waals surface area contributed by atoms with E-state index in [2.05, 4.69) is 4.90 Å². The third-order valence-corrected chi connectivity index (χ3v) is 4.48. The summed E-state index contributed by atoms with van der Waals surface area (Å²) in [6.45, 7) is 2.36. The molecule has 0 saturated carbocycles. The second-order valence-electron chi connectivity index (χ2n) is 7.15. The lowest BCUT2D eigenvalue weighted by Crippen LogP contribution is -2.25. The van der Waals surface area contributed by atoms with Crippen LogP contribution in [0.4, 0.5) is 10.5 Å². The van der Waals surface area contributed by atoms with E-state index in [1.165, 1.54) is 17.0 Å². The van der Waals surface area contributed by atoms with Gasteiger partial charge in [0.2, 0.25) is 0 Å². The summed E-state index contributed by atoms with van der Waals surface area (Å²) in [5.41, 5.74) is 2.00. The Labute approximate surface area is 182 Å². The lowest BCUT2D eigenvalue weighted by molar-refractivity contribution is -0.384. The van der Waals surface area contributed by atoms with E-state index in [4.69, 9.17) is 9.47 Å². The van der Waals surface area contributed by atoms with Crippen LogP contribution in [0.15, 0.2) is 42.5 Å². The van der Waals surface area contributed by atoms with Gasteiger partial charge in [0.1, 0.15) is 11.5 Å². The van der Waals surface area contributed by atoms with Gasteiger partial charge in [-0.3, -0.25) is 10.1 Å². The largest absolute Gasteiger partial charge is 0.494 e. The molecule has 0 fully saturated rings. The number of ether oxygens (including phenoxy) is 2. The standard InChI is InChI=1S/C21H27N3O5.ClH/c1-15-14-16(6-11-20(15)29-21(25)23(4)5)19(22(2)3)12-13-28-18-9-7-17(8-10-18)24(26)27;/h6-11,14,19H,12-13H2,1-5H3;1H. The van der Waals surface area contributed by atoms with Crippen molar-refractivity contribution in [3.8, 4) is 11.5 Å². The predicted octanol–water partition coefficient (Wildman–Crippen LogP) is 4.46. The molecule has 30 heavy (non-hydrogen) atoms. The molecule has 164 valence electrons. The van der Waals surface area contributed by atoms with Crippen LogP contribution in [0.25, 0.3) is 0 Å². The van der Waals surface area contributed by atoms with Gasteiger partial charge >= 0.3 is 6.09 Å². The number of halogens is 1. The van der Waals surface area contributed by atoms with Gasteiger partial charge in [0.15, 0.2) is 0 Å². The molecule has 0 bridgehead atoms. The number of rotatable bonds is 8. The Balaban J connectivity index is 0.00000450. The Kier molecular flexibility index (Phi) is 9.55. The Hall–Kier alpha value is -2.84.